The monoisotopic (exact) mass is 343 g/mol. The van der Waals surface area contributed by atoms with Crippen LogP contribution in [0.15, 0.2) is 49.1 Å². The van der Waals surface area contributed by atoms with Crippen LogP contribution in [0, 0.1) is 0 Å². The third-order valence-electron chi connectivity index (χ3n) is 2.64. The molecule has 3 heteroatoms. The van der Waals surface area contributed by atoms with E-state index in [1.54, 1.807) is 0 Å². The number of halogens is 2. The summed E-state index contributed by atoms with van der Waals surface area (Å²) < 4.78 is 0. The van der Waals surface area contributed by atoms with E-state index in [1.807, 2.05) is 6.08 Å². The molecule has 0 nitrogen and oxygen atoms in total. The van der Waals surface area contributed by atoms with Crippen LogP contribution in [0.25, 0.3) is 5.57 Å². The Hall–Kier alpha value is 0.0331. The smallest absolute Gasteiger partial charge is 1.00 e. The zero-order valence-electron chi connectivity index (χ0n) is 9.63. The molecule has 0 spiro atoms. The van der Waals surface area contributed by atoms with Crippen molar-refractivity contribution < 1.29 is 51.0 Å². The summed E-state index contributed by atoms with van der Waals surface area (Å²) in [6.45, 7) is 3.76. The second-order valence-electron chi connectivity index (χ2n) is 3.62. The Labute approximate surface area is 135 Å². The molecule has 1 aliphatic rings. The maximum absolute atomic E-state index is 3.76. The SMILES string of the molecule is C=CCC[c-]1cccc1C1=CC=CC1.[Cl-].[Cl-].[Zr+3]. The molecule has 0 saturated carbocycles. The van der Waals surface area contributed by atoms with Crippen LogP contribution < -0.4 is 24.8 Å². The third-order valence-corrected chi connectivity index (χ3v) is 2.64. The van der Waals surface area contributed by atoms with E-state index in [0.29, 0.717) is 0 Å². The molecule has 17 heavy (non-hydrogen) atoms. The fourth-order valence-corrected chi connectivity index (χ4v) is 1.89. The van der Waals surface area contributed by atoms with Gasteiger partial charge in [-0.1, -0.05) is 24.6 Å². The van der Waals surface area contributed by atoms with Gasteiger partial charge in [-0.2, -0.15) is 23.8 Å². The van der Waals surface area contributed by atoms with Gasteiger partial charge in [0.25, 0.3) is 0 Å². The summed E-state index contributed by atoms with van der Waals surface area (Å²) in [6, 6.07) is 6.59. The molecule has 1 radical (unpaired) electrons. The number of hydrogen-bond donors (Lipinski definition) is 0. The van der Waals surface area contributed by atoms with E-state index in [2.05, 4.69) is 43.0 Å². The van der Waals surface area contributed by atoms with Crippen LogP contribution in [0.5, 0.6) is 0 Å². The van der Waals surface area contributed by atoms with Crippen LogP contribution >= 0.6 is 0 Å². The van der Waals surface area contributed by atoms with Crippen molar-refractivity contribution in [2.75, 3.05) is 0 Å². The molecule has 0 aromatic heterocycles. The summed E-state index contributed by atoms with van der Waals surface area (Å²) in [5, 5.41) is 0. The third kappa shape index (κ3) is 5.04. The van der Waals surface area contributed by atoms with Crippen molar-refractivity contribution in [1.29, 1.82) is 0 Å². The number of aryl methyl sites for hydroxylation is 1. The first-order valence-electron chi connectivity index (χ1n) is 5.13. The van der Waals surface area contributed by atoms with Crippen molar-refractivity contribution in [2.24, 2.45) is 0 Å². The van der Waals surface area contributed by atoms with E-state index < -0.39 is 0 Å². The average molecular weight is 345 g/mol. The molecule has 2 rings (SSSR count). The van der Waals surface area contributed by atoms with Gasteiger partial charge in [-0.15, -0.1) is 23.8 Å². The Morgan fingerprint density at radius 3 is 2.71 bits per heavy atom. The molecule has 1 aliphatic carbocycles. The van der Waals surface area contributed by atoms with Crippen molar-refractivity contribution in [2.45, 2.75) is 19.3 Å². The van der Waals surface area contributed by atoms with Gasteiger partial charge in [0.1, 0.15) is 0 Å². The van der Waals surface area contributed by atoms with E-state index >= 15 is 0 Å². The summed E-state index contributed by atoms with van der Waals surface area (Å²) >= 11 is 0. The van der Waals surface area contributed by atoms with E-state index in [0.717, 1.165) is 19.3 Å². The maximum Gasteiger partial charge on any atom is 3.00 e. The molecule has 0 unspecified atom stereocenters. The van der Waals surface area contributed by atoms with Gasteiger partial charge in [0.05, 0.1) is 0 Å². The Morgan fingerprint density at radius 2 is 2.12 bits per heavy atom. The van der Waals surface area contributed by atoms with Crippen molar-refractivity contribution in [3.05, 3.63) is 60.2 Å². The molecule has 0 saturated heterocycles. The molecular weight excluding hydrogens is 330 g/mol. The second kappa shape index (κ2) is 10.0. The van der Waals surface area contributed by atoms with Crippen LogP contribution in [0.4, 0.5) is 0 Å². The van der Waals surface area contributed by atoms with Crippen molar-refractivity contribution >= 4 is 5.57 Å². The zero-order chi connectivity index (χ0) is 9.80. The molecule has 0 bridgehead atoms. The fourth-order valence-electron chi connectivity index (χ4n) is 1.89. The molecule has 1 aromatic rings. The number of rotatable bonds is 4. The van der Waals surface area contributed by atoms with Crippen LogP contribution in [0.2, 0.25) is 0 Å². The predicted molar refractivity (Wildman–Crippen MR) is 62.3 cm³/mol. The molecule has 0 heterocycles. The number of hydrogen-bond acceptors (Lipinski definition) is 0. The van der Waals surface area contributed by atoms with Crippen molar-refractivity contribution in [3.63, 3.8) is 0 Å². The van der Waals surface area contributed by atoms with Gasteiger partial charge in [0.2, 0.25) is 0 Å². The van der Waals surface area contributed by atoms with Crippen molar-refractivity contribution in [3.8, 4) is 0 Å². The normalized spacial score (nSPS) is 11.9. The molecule has 0 aliphatic heterocycles. The van der Waals surface area contributed by atoms with Gasteiger partial charge in [-0.3, -0.25) is 0 Å². The minimum absolute atomic E-state index is 0. The Kier molecular flexibility index (Phi) is 11.4. The standard InChI is InChI=1S/C14H15.2ClH.Zr/c1-2-3-7-12-10-6-11-14(12)13-8-4-5-9-13;;;/h2,4-6,8,10-11H,1,3,7,9H2;2*1H;/q-1;;;+3/p-2. The molecule has 0 atom stereocenters. The summed E-state index contributed by atoms with van der Waals surface area (Å²) in [6.07, 6.45) is 11.8. The first-order chi connectivity index (χ1) is 6.92. The topological polar surface area (TPSA) is 0 Å². The Morgan fingerprint density at radius 1 is 1.35 bits per heavy atom. The van der Waals surface area contributed by atoms with Gasteiger partial charge in [0, 0.05) is 0 Å². The van der Waals surface area contributed by atoms with Crippen LogP contribution in [-0.4, -0.2) is 0 Å². The first kappa shape index (κ1) is 19.4. The molecular formula is C14H15Cl2Zr. The van der Waals surface area contributed by atoms with Gasteiger partial charge in [-0.05, 0) is 12.8 Å². The van der Waals surface area contributed by atoms with Crippen LogP contribution in [-0.2, 0) is 32.6 Å². The Balaban J connectivity index is 0. The summed E-state index contributed by atoms with van der Waals surface area (Å²) in [4.78, 5) is 0. The minimum atomic E-state index is 0. The average Bonchev–Trinajstić information content (AvgIpc) is 2.84. The van der Waals surface area contributed by atoms with Crippen LogP contribution in [0.3, 0.4) is 0 Å². The van der Waals surface area contributed by atoms with E-state index in [-0.39, 0.29) is 51.0 Å². The molecule has 89 valence electrons. The molecule has 0 N–H and O–H groups in total. The van der Waals surface area contributed by atoms with Gasteiger partial charge < -0.3 is 24.8 Å². The van der Waals surface area contributed by atoms with Gasteiger partial charge in [0.15, 0.2) is 0 Å². The molecule has 0 amide bonds. The van der Waals surface area contributed by atoms with Gasteiger partial charge in [-0.25, -0.2) is 0 Å². The van der Waals surface area contributed by atoms with E-state index in [1.165, 1.54) is 16.7 Å². The largest absolute Gasteiger partial charge is 3.00 e. The van der Waals surface area contributed by atoms with Crippen LogP contribution in [0.1, 0.15) is 24.0 Å². The summed E-state index contributed by atoms with van der Waals surface area (Å²) in [5.41, 5.74) is 4.34. The second-order valence-corrected chi connectivity index (χ2v) is 3.62. The van der Waals surface area contributed by atoms with Gasteiger partial charge >= 0.3 is 26.2 Å². The molecule has 1 aromatic carbocycles. The first-order valence-corrected chi connectivity index (χ1v) is 5.13. The fraction of sp³-hybridized carbons (Fsp3) is 0.214. The van der Waals surface area contributed by atoms with E-state index in [4.69, 9.17) is 0 Å². The Bertz CT molecular complexity index is 389. The summed E-state index contributed by atoms with van der Waals surface area (Å²) in [5.74, 6) is 0. The molecule has 0 fully saturated rings. The minimum Gasteiger partial charge on any atom is -1.00 e. The summed E-state index contributed by atoms with van der Waals surface area (Å²) in [7, 11) is 0. The quantitative estimate of drug-likeness (QED) is 0.432. The van der Waals surface area contributed by atoms with E-state index in [9.17, 15) is 0 Å². The predicted octanol–water partition coefficient (Wildman–Crippen LogP) is -2.13. The maximum atomic E-state index is 3.76. The number of allylic oxidation sites excluding steroid dienone is 5. The zero-order valence-corrected chi connectivity index (χ0v) is 13.6. The van der Waals surface area contributed by atoms with Crippen molar-refractivity contribution in [1.82, 2.24) is 0 Å².